The van der Waals surface area contributed by atoms with E-state index in [9.17, 15) is 9.59 Å². The number of nitrogens with zero attached hydrogens (tertiary/aromatic N) is 2. The predicted octanol–water partition coefficient (Wildman–Crippen LogP) is 2.44. The molecule has 1 atom stereocenters. The first-order chi connectivity index (χ1) is 13.6. The summed E-state index contributed by atoms with van der Waals surface area (Å²) in [6.07, 6.45) is 5.05. The minimum Gasteiger partial charge on any atom is -0.371 e. The van der Waals surface area contributed by atoms with Gasteiger partial charge in [0.2, 0.25) is 0 Å². The molecule has 0 bridgehead atoms. The molecule has 28 heavy (non-hydrogen) atoms. The molecule has 6 heteroatoms. The Labute approximate surface area is 164 Å². The Hall–Kier alpha value is -2.73. The predicted molar refractivity (Wildman–Crippen MR) is 105 cm³/mol. The molecular weight excluding hydrogens is 354 g/mol. The van der Waals surface area contributed by atoms with E-state index in [4.69, 9.17) is 4.74 Å². The van der Waals surface area contributed by atoms with Gasteiger partial charge in [-0.25, -0.2) is 0 Å². The number of hydrogen-bond acceptors (Lipinski definition) is 4. The summed E-state index contributed by atoms with van der Waals surface area (Å²) >= 11 is 0. The maximum Gasteiger partial charge on any atom is 0.254 e. The Bertz CT molecular complexity index is 862. The molecule has 1 spiro atoms. The lowest BCUT2D eigenvalue weighted by Crippen LogP contribution is -2.66. The third kappa shape index (κ3) is 3.64. The van der Waals surface area contributed by atoms with Gasteiger partial charge in [-0.2, -0.15) is 0 Å². The minimum atomic E-state index is -0.249. The van der Waals surface area contributed by atoms with E-state index in [0.29, 0.717) is 31.1 Å². The number of carbonyl (C=O) groups excluding carboxylic acids is 2. The van der Waals surface area contributed by atoms with Crippen LogP contribution in [0, 0.1) is 12.8 Å². The molecule has 2 aliphatic heterocycles. The van der Waals surface area contributed by atoms with Crippen LogP contribution in [0.1, 0.15) is 39.1 Å². The Morgan fingerprint density at radius 2 is 2.00 bits per heavy atom. The van der Waals surface area contributed by atoms with Crippen LogP contribution in [0.4, 0.5) is 0 Å². The van der Waals surface area contributed by atoms with Gasteiger partial charge in [-0.15, -0.1) is 0 Å². The van der Waals surface area contributed by atoms with E-state index < -0.39 is 0 Å². The summed E-state index contributed by atoms with van der Waals surface area (Å²) in [6.45, 7) is 4.56. The van der Waals surface area contributed by atoms with Gasteiger partial charge >= 0.3 is 0 Å². The fourth-order valence-electron chi connectivity index (χ4n) is 4.21. The van der Waals surface area contributed by atoms with Crippen LogP contribution in [0.15, 0.2) is 48.8 Å². The fourth-order valence-corrected chi connectivity index (χ4v) is 4.21. The van der Waals surface area contributed by atoms with Crippen molar-refractivity contribution in [2.24, 2.45) is 5.92 Å². The largest absolute Gasteiger partial charge is 0.371 e. The van der Waals surface area contributed by atoms with E-state index in [2.05, 4.69) is 10.3 Å². The third-order valence-electron chi connectivity index (χ3n) is 5.79. The number of ether oxygens (including phenoxy) is 1. The standard InChI is InChI=1S/C22H25N3O3/c1-16-3-2-4-18(13-16)21(27)25-14-22(15-25)19(8-12-28-22)7-11-24-20(26)17-5-9-23-10-6-17/h2-6,9-10,13,19H,7-8,11-12,14-15H2,1H3,(H,24,26)/t19-/m0/s1. The van der Waals surface area contributed by atoms with Gasteiger partial charge in [-0.3, -0.25) is 14.6 Å². The molecule has 1 aromatic heterocycles. The molecule has 1 aromatic carbocycles. The molecule has 3 heterocycles. The number of pyridine rings is 1. The second kappa shape index (κ2) is 7.72. The lowest BCUT2D eigenvalue weighted by molar-refractivity contribution is -0.117. The highest BCUT2D eigenvalue weighted by atomic mass is 16.5. The van der Waals surface area contributed by atoms with Crippen LogP contribution in [0.5, 0.6) is 0 Å². The number of carbonyl (C=O) groups is 2. The topological polar surface area (TPSA) is 71.5 Å². The minimum absolute atomic E-state index is 0.0644. The van der Waals surface area contributed by atoms with E-state index >= 15 is 0 Å². The summed E-state index contributed by atoms with van der Waals surface area (Å²) in [5.41, 5.74) is 2.18. The Kier molecular flexibility index (Phi) is 5.13. The second-order valence-electron chi connectivity index (χ2n) is 7.71. The Morgan fingerprint density at radius 1 is 1.21 bits per heavy atom. The number of rotatable bonds is 5. The van der Waals surface area contributed by atoms with Crippen molar-refractivity contribution in [3.05, 3.63) is 65.5 Å². The maximum atomic E-state index is 12.7. The average Bonchev–Trinajstić information content (AvgIpc) is 3.11. The summed E-state index contributed by atoms with van der Waals surface area (Å²) in [6, 6.07) is 11.1. The molecule has 0 unspecified atom stereocenters. The average molecular weight is 379 g/mol. The van der Waals surface area contributed by atoms with Gasteiger partial charge in [0.1, 0.15) is 5.60 Å². The molecule has 0 saturated carbocycles. The fraction of sp³-hybridized carbons (Fsp3) is 0.409. The van der Waals surface area contributed by atoms with E-state index in [-0.39, 0.29) is 17.4 Å². The number of benzene rings is 1. The van der Waals surface area contributed by atoms with Gasteiger partial charge < -0.3 is 15.0 Å². The van der Waals surface area contributed by atoms with Crippen molar-refractivity contribution < 1.29 is 14.3 Å². The van der Waals surface area contributed by atoms with Crippen molar-refractivity contribution in [3.8, 4) is 0 Å². The number of hydrogen-bond donors (Lipinski definition) is 1. The van der Waals surface area contributed by atoms with Crippen molar-refractivity contribution >= 4 is 11.8 Å². The van der Waals surface area contributed by atoms with Gasteiger partial charge in [0.05, 0.1) is 13.1 Å². The van der Waals surface area contributed by atoms with E-state index in [1.54, 1.807) is 24.5 Å². The molecule has 6 nitrogen and oxygen atoms in total. The first-order valence-corrected chi connectivity index (χ1v) is 9.75. The van der Waals surface area contributed by atoms with E-state index in [0.717, 1.165) is 30.6 Å². The molecule has 0 radical (unpaired) electrons. The Balaban J connectivity index is 1.30. The highest BCUT2D eigenvalue weighted by Crippen LogP contribution is 2.42. The summed E-state index contributed by atoms with van der Waals surface area (Å²) in [7, 11) is 0. The van der Waals surface area contributed by atoms with Crippen molar-refractivity contribution in [2.45, 2.75) is 25.4 Å². The number of aryl methyl sites for hydroxylation is 1. The normalized spacial score (nSPS) is 20.0. The number of nitrogens with one attached hydrogen (secondary N) is 1. The van der Waals surface area contributed by atoms with Crippen LogP contribution < -0.4 is 5.32 Å². The SMILES string of the molecule is Cc1cccc(C(=O)N2CC3(C2)OCC[C@@H]3CCNC(=O)c2ccncc2)c1. The third-order valence-corrected chi connectivity index (χ3v) is 5.79. The lowest BCUT2D eigenvalue weighted by atomic mass is 9.78. The molecule has 146 valence electrons. The number of aromatic nitrogens is 1. The van der Waals surface area contributed by atoms with Crippen molar-refractivity contribution in [1.29, 1.82) is 0 Å². The molecule has 2 fully saturated rings. The van der Waals surface area contributed by atoms with Gasteiger partial charge in [0.25, 0.3) is 11.8 Å². The molecule has 1 N–H and O–H groups in total. The van der Waals surface area contributed by atoms with Crippen LogP contribution in [-0.2, 0) is 4.74 Å². The Morgan fingerprint density at radius 3 is 2.75 bits per heavy atom. The molecular formula is C22H25N3O3. The molecule has 4 rings (SSSR count). The molecule has 2 aliphatic rings. The number of amides is 2. The van der Waals surface area contributed by atoms with Crippen LogP contribution in [0.25, 0.3) is 0 Å². The second-order valence-corrected chi connectivity index (χ2v) is 7.71. The van der Waals surface area contributed by atoms with E-state index in [1.807, 2.05) is 36.1 Å². The van der Waals surface area contributed by atoms with Crippen LogP contribution in [-0.4, -0.2) is 53.5 Å². The zero-order valence-corrected chi connectivity index (χ0v) is 16.1. The molecule has 2 amide bonds. The molecule has 0 aliphatic carbocycles. The summed E-state index contributed by atoms with van der Waals surface area (Å²) in [5, 5.41) is 2.98. The van der Waals surface area contributed by atoms with Crippen molar-refractivity contribution in [3.63, 3.8) is 0 Å². The van der Waals surface area contributed by atoms with Gasteiger partial charge in [0, 0.05) is 36.7 Å². The quantitative estimate of drug-likeness (QED) is 0.866. The highest BCUT2D eigenvalue weighted by molar-refractivity contribution is 5.95. The zero-order valence-electron chi connectivity index (χ0n) is 16.1. The van der Waals surface area contributed by atoms with Crippen LogP contribution in [0.3, 0.4) is 0 Å². The summed E-state index contributed by atoms with van der Waals surface area (Å²) in [5.74, 6) is 0.335. The van der Waals surface area contributed by atoms with E-state index in [1.165, 1.54) is 0 Å². The highest BCUT2D eigenvalue weighted by Gasteiger charge is 2.54. The summed E-state index contributed by atoms with van der Waals surface area (Å²) < 4.78 is 6.06. The smallest absolute Gasteiger partial charge is 0.254 e. The first kappa shape index (κ1) is 18.6. The molecule has 2 aromatic rings. The van der Waals surface area contributed by atoms with Crippen LogP contribution in [0.2, 0.25) is 0 Å². The maximum absolute atomic E-state index is 12.7. The molecule has 2 saturated heterocycles. The van der Waals surface area contributed by atoms with Crippen molar-refractivity contribution in [1.82, 2.24) is 15.2 Å². The zero-order chi connectivity index (χ0) is 19.6. The van der Waals surface area contributed by atoms with Crippen LogP contribution >= 0.6 is 0 Å². The number of likely N-dealkylation sites (tertiary alicyclic amines) is 1. The van der Waals surface area contributed by atoms with Gasteiger partial charge in [-0.05, 0) is 49.9 Å². The van der Waals surface area contributed by atoms with Crippen molar-refractivity contribution in [2.75, 3.05) is 26.2 Å². The summed E-state index contributed by atoms with van der Waals surface area (Å²) in [4.78, 5) is 30.7. The van der Waals surface area contributed by atoms with Gasteiger partial charge in [0.15, 0.2) is 0 Å². The monoisotopic (exact) mass is 379 g/mol. The lowest BCUT2D eigenvalue weighted by Gasteiger charge is -2.50. The van der Waals surface area contributed by atoms with Gasteiger partial charge in [-0.1, -0.05) is 17.7 Å². The first-order valence-electron chi connectivity index (χ1n) is 9.75.